The number of nitrogens with zero attached hydrogens (tertiary/aromatic N) is 1. The Morgan fingerprint density at radius 2 is 1.06 bits per heavy atom. The normalized spacial score (nSPS) is 13.3. The minimum Gasteiger partial charge on any atom is -0.456 e. The summed E-state index contributed by atoms with van der Waals surface area (Å²) >= 11 is 0. The van der Waals surface area contributed by atoms with E-state index in [0.29, 0.717) is 0 Å². The van der Waals surface area contributed by atoms with Crippen LogP contribution in [-0.4, -0.2) is 8.07 Å². The smallest absolute Gasteiger partial charge is 0.137 e. The zero-order chi connectivity index (χ0) is 34.6. The van der Waals surface area contributed by atoms with Gasteiger partial charge in [-0.05, 0) is 104 Å². The summed E-state index contributed by atoms with van der Waals surface area (Å²) in [6, 6.07) is 59.1. The topological polar surface area (TPSA) is 29.5 Å². The SMILES string of the molecule is C[Si]1(C)c2cc(N(c3ccc(-c4ccc5ccccc5c4)cc3)c3cccc4oc5ccccc5c34)ccc2-c2ccc3oc4ccccc4c3c21. The average Bonchev–Trinajstić information content (AvgIpc) is 3.83. The van der Waals surface area contributed by atoms with Crippen molar-refractivity contribution in [2.45, 2.75) is 13.1 Å². The van der Waals surface area contributed by atoms with Gasteiger partial charge in [0.05, 0.1) is 11.1 Å². The van der Waals surface area contributed by atoms with E-state index in [9.17, 15) is 0 Å². The van der Waals surface area contributed by atoms with Crippen LogP contribution < -0.4 is 15.3 Å². The van der Waals surface area contributed by atoms with Crippen molar-refractivity contribution in [2.75, 3.05) is 4.90 Å². The third kappa shape index (κ3) is 4.19. The van der Waals surface area contributed by atoms with Crippen molar-refractivity contribution in [3.05, 3.63) is 164 Å². The highest BCUT2D eigenvalue weighted by molar-refractivity contribution is 7.05. The van der Waals surface area contributed by atoms with Gasteiger partial charge in [0, 0.05) is 27.5 Å². The van der Waals surface area contributed by atoms with E-state index in [1.165, 1.54) is 54.2 Å². The third-order valence-electron chi connectivity index (χ3n) is 11.2. The first kappa shape index (κ1) is 29.4. The molecular weight excluding hydrogens is 651 g/mol. The van der Waals surface area contributed by atoms with Crippen molar-refractivity contribution < 1.29 is 8.83 Å². The van der Waals surface area contributed by atoms with E-state index in [0.717, 1.165) is 50.2 Å². The summed E-state index contributed by atoms with van der Waals surface area (Å²) in [5.41, 5.74) is 12.1. The highest BCUT2D eigenvalue weighted by Crippen LogP contribution is 2.45. The van der Waals surface area contributed by atoms with Crippen LogP contribution in [0.3, 0.4) is 0 Å². The Hall–Kier alpha value is -6.36. The largest absolute Gasteiger partial charge is 0.456 e. The number of fused-ring (bicyclic) bond motifs is 11. The molecule has 1 aliphatic heterocycles. The van der Waals surface area contributed by atoms with Crippen molar-refractivity contribution in [3.8, 4) is 22.3 Å². The molecule has 10 aromatic rings. The van der Waals surface area contributed by atoms with Crippen molar-refractivity contribution in [2.24, 2.45) is 0 Å². The molecule has 8 aromatic carbocycles. The molecule has 0 saturated carbocycles. The second-order valence-electron chi connectivity index (χ2n) is 14.5. The van der Waals surface area contributed by atoms with E-state index >= 15 is 0 Å². The number of hydrogen-bond acceptors (Lipinski definition) is 3. The maximum atomic E-state index is 6.42. The molecule has 0 atom stereocenters. The van der Waals surface area contributed by atoms with Crippen LogP contribution in [0.15, 0.2) is 173 Å². The van der Waals surface area contributed by atoms with Crippen LogP contribution in [0.5, 0.6) is 0 Å². The minimum atomic E-state index is -2.17. The second kappa shape index (κ2) is 10.8. The lowest BCUT2D eigenvalue weighted by atomic mass is 10.00. The van der Waals surface area contributed by atoms with Crippen LogP contribution in [-0.2, 0) is 0 Å². The maximum absolute atomic E-state index is 6.42. The van der Waals surface area contributed by atoms with Gasteiger partial charge in [0.1, 0.15) is 30.4 Å². The minimum absolute atomic E-state index is 0.883. The molecule has 0 fully saturated rings. The first-order valence-electron chi connectivity index (χ1n) is 17.9. The summed E-state index contributed by atoms with van der Waals surface area (Å²) in [7, 11) is -2.17. The lowest BCUT2D eigenvalue weighted by molar-refractivity contribution is 0.668. The van der Waals surface area contributed by atoms with Gasteiger partial charge >= 0.3 is 0 Å². The Balaban J connectivity index is 1.11. The number of hydrogen-bond donors (Lipinski definition) is 0. The Bertz CT molecular complexity index is 3060. The Morgan fingerprint density at radius 3 is 1.85 bits per heavy atom. The second-order valence-corrected chi connectivity index (χ2v) is 18.8. The van der Waals surface area contributed by atoms with Gasteiger partial charge in [-0.25, -0.2) is 0 Å². The van der Waals surface area contributed by atoms with Crippen LogP contribution in [0.2, 0.25) is 13.1 Å². The Kier molecular flexibility index (Phi) is 6.11. The summed E-state index contributed by atoms with van der Waals surface area (Å²) < 4.78 is 12.8. The molecule has 3 heterocycles. The van der Waals surface area contributed by atoms with Crippen LogP contribution >= 0.6 is 0 Å². The molecule has 0 unspecified atom stereocenters. The molecule has 0 spiro atoms. The van der Waals surface area contributed by atoms with Crippen molar-refractivity contribution >= 4 is 90.2 Å². The number of para-hydroxylation sites is 2. The van der Waals surface area contributed by atoms with Gasteiger partial charge in [-0.2, -0.15) is 0 Å². The molecule has 2 aromatic heterocycles. The summed E-state index contributed by atoms with van der Waals surface area (Å²) in [6.07, 6.45) is 0. The van der Waals surface area contributed by atoms with Gasteiger partial charge < -0.3 is 13.7 Å². The molecule has 3 nitrogen and oxygen atoms in total. The van der Waals surface area contributed by atoms with Crippen molar-refractivity contribution in [3.63, 3.8) is 0 Å². The number of anilines is 3. The van der Waals surface area contributed by atoms with E-state index in [-0.39, 0.29) is 0 Å². The lowest BCUT2D eigenvalue weighted by Crippen LogP contribution is -2.49. The molecule has 1 aliphatic rings. The molecule has 0 N–H and O–H groups in total. The van der Waals surface area contributed by atoms with Crippen LogP contribution in [0.4, 0.5) is 17.1 Å². The van der Waals surface area contributed by atoms with E-state index in [4.69, 9.17) is 8.83 Å². The number of furan rings is 2. The Labute approximate surface area is 302 Å². The molecule has 11 rings (SSSR count). The van der Waals surface area contributed by atoms with Crippen LogP contribution in [0.1, 0.15) is 0 Å². The zero-order valence-corrected chi connectivity index (χ0v) is 29.9. The van der Waals surface area contributed by atoms with E-state index in [1.807, 2.05) is 6.07 Å². The summed E-state index contributed by atoms with van der Waals surface area (Å²) in [6.45, 7) is 4.99. The van der Waals surface area contributed by atoms with E-state index in [2.05, 4.69) is 176 Å². The quantitative estimate of drug-likeness (QED) is 0.173. The first-order valence-corrected chi connectivity index (χ1v) is 20.9. The standard InChI is InChI=1S/C48H33NO2Si/c1-52(2)45-29-35(24-25-36(45)37-26-27-44-47(48(37)52)39-13-6-8-16-42(39)51-44)49(40-14-9-17-43-46(40)38-12-5-7-15-41(38)50-43)34-22-20-31(21-23-34)33-19-18-30-10-3-4-11-32(30)28-33/h3-29H,1-2H3. The summed E-state index contributed by atoms with van der Waals surface area (Å²) in [5.74, 6) is 0. The molecule has 4 heteroatoms. The molecule has 246 valence electrons. The number of benzene rings is 8. The molecule has 0 radical (unpaired) electrons. The average molecular weight is 684 g/mol. The highest BCUT2D eigenvalue weighted by atomic mass is 28.3. The molecule has 52 heavy (non-hydrogen) atoms. The fraction of sp³-hybridized carbons (Fsp3) is 0.0417. The van der Waals surface area contributed by atoms with E-state index < -0.39 is 8.07 Å². The van der Waals surface area contributed by atoms with Crippen molar-refractivity contribution in [1.82, 2.24) is 0 Å². The summed E-state index contributed by atoms with van der Waals surface area (Å²) in [5, 5.41) is 10.1. The first-order chi connectivity index (χ1) is 25.5. The zero-order valence-electron chi connectivity index (χ0n) is 28.9. The fourth-order valence-electron chi connectivity index (χ4n) is 8.79. The third-order valence-corrected chi connectivity index (χ3v) is 14.8. The predicted octanol–water partition coefficient (Wildman–Crippen LogP) is 12.6. The predicted molar refractivity (Wildman–Crippen MR) is 221 cm³/mol. The molecule has 0 saturated heterocycles. The highest BCUT2D eigenvalue weighted by Gasteiger charge is 2.40. The van der Waals surface area contributed by atoms with Gasteiger partial charge in [0.25, 0.3) is 0 Å². The van der Waals surface area contributed by atoms with Gasteiger partial charge in [-0.3, -0.25) is 0 Å². The molecular formula is C48H33NO2Si. The molecule has 0 aliphatic carbocycles. The monoisotopic (exact) mass is 683 g/mol. The van der Waals surface area contributed by atoms with Crippen molar-refractivity contribution in [1.29, 1.82) is 0 Å². The van der Waals surface area contributed by atoms with Gasteiger partial charge in [0.15, 0.2) is 0 Å². The maximum Gasteiger partial charge on any atom is 0.137 e. The number of rotatable bonds is 4. The Morgan fingerprint density at radius 1 is 0.442 bits per heavy atom. The van der Waals surface area contributed by atoms with Gasteiger partial charge in [-0.1, -0.05) is 116 Å². The summed E-state index contributed by atoms with van der Waals surface area (Å²) in [4.78, 5) is 2.42. The lowest BCUT2D eigenvalue weighted by Gasteiger charge is -2.28. The molecule has 0 amide bonds. The molecule has 0 bridgehead atoms. The fourth-order valence-corrected chi connectivity index (χ4v) is 12.2. The van der Waals surface area contributed by atoms with Crippen LogP contribution in [0, 0.1) is 0 Å². The van der Waals surface area contributed by atoms with E-state index in [1.54, 1.807) is 0 Å². The van der Waals surface area contributed by atoms with Gasteiger partial charge in [0.2, 0.25) is 0 Å². The van der Waals surface area contributed by atoms with Crippen LogP contribution in [0.25, 0.3) is 76.9 Å². The van der Waals surface area contributed by atoms with Gasteiger partial charge in [-0.15, -0.1) is 0 Å².